The molecule has 2 aromatic heterocycles. The van der Waals surface area contributed by atoms with Crippen LogP contribution in [0.5, 0.6) is 0 Å². The maximum atomic E-state index is 12.7. The molecule has 1 N–H and O–H groups in total. The standard InChI is InChI=1S/C13H12F3N5/c1-9(8-21-6-2-5-18-21)19-12-10(7-17)3-4-11(20-12)13(14,15)16/h2-6,9H,8H2,1H3,(H,19,20). The van der Waals surface area contributed by atoms with Gasteiger partial charge in [0.15, 0.2) is 0 Å². The van der Waals surface area contributed by atoms with Crippen molar-refractivity contribution in [3.05, 3.63) is 41.9 Å². The van der Waals surface area contributed by atoms with Crippen LogP contribution in [0.3, 0.4) is 0 Å². The molecular formula is C13H12F3N5. The molecule has 0 saturated carbocycles. The number of hydrogen-bond acceptors (Lipinski definition) is 4. The van der Waals surface area contributed by atoms with E-state index in [2.05, 4.69) is 15.4 Å². The lowest BCUT2D eigenvalue weighted by molar-refractivity contribution is -0.141. The summed E-state index contributed by atoms with van der Waals surface area (Å²) in [6, 6.07) is 5.23. The summed E-state index contributed by atoms with van der Waals surface area (Å²) in [5.41, 5.74) is -0.967. The topological polar surface area (TPSA) is 66.5 Å². The zero-order valence-electron chi connectivity index (χ0n) is 11.1. The lowest BCUT2D eigenvalue weighted by Crippen LogP contribution is -2.24. The van der Waals surface area contributed by atoms with Gasteiger partial charge in [0.1, 0.15) is 17.6 Å². The summed E-state index contributed by atoms with van der Waals surface area (Å²) in [5.74, 6) is -0.0769. The summed E-state index contributed by atoms with van der Waals surface area (Å²) < 4.78 is 39.6. The predicted octanol–water partition coefficient (Wildman–Crippen LogP) is 2.67. The fourth-order valence-corrected chi connectivity index (χ4v) is 1.79. The first kappa shape index (κ1) is 14.8. The highest BCUT2D eigenvalue weighted by molar-refractivity contribution is 5.53. The molecule has 0 amide bonds. The lowest BCUT2D eigenvalue weighted by atomic mass is 10.2. The number of aromatic nitrogens is 3. The molecule has 0 aliphatic heterocycles. The molecule has 110 valence electrons. The largest absolute Gasteiger partial charge is 0.433 e. The van der Waals surface area contributed by atoms with Crippen LogP contribution in [0, 0.1) is 11.3 Å². The minimum Gasteiger partial charge on any atom is -0.365 e. The van der Waals surface area contributed by atoms with E-state index in [1.807, 2.05) is 6.07 Å². The van der Waals surface area contributed by atoms with Crippen LogP contribution in [0.15, 0.2) is 30.6 Å². The smallest absolute Gasteiger partial charge is 0.365 e. The number of alkyl halides is 3. The second-order valence-electron chi connectivity index (χ2n) is 4.48. The molecule has 0 bridgehead atoms. The Bertz CT molecular complexity index is 643. The fraction of sp³-hybridized carbons (Fsp3) is 0.308. The quantitative estimate of drug-likeness (QED) is 0.941. The van der Waals surface area contributed by atoms with E-state index in [1.54, 1.807) is 30.1 Å². The van der Waals surface area contributed by atoms with E-state index in [9.17, 15) is 13.2 Å². The number of rotatable bonds is 4. The van der Waals surface area contributed by atoms with Gasteiger partial charge in [0, 0.05) is 18.4 Å². The Kier molecular flexibility index (Phi) is 4.12. The molecule has 5 nitrogen and oxygen atoms in total. The van der Waals surface area contributed by atoms with Gasteiger partial charge in [0.05, 0.1) is 12.1 Å². The molecule has 0 fully saturated rings. The summed E-state index contributed by atoms with van der Waals surface area (Å²) in [6.45, 7) is 2.21. The van der Waals surface area contributed by atoms with Gasteiger partial charge in [-0.25, -0.2) is 4.98 Å². The van der Waals surface area contributed by atoms with Crippen molar-refractivity contribution in [1.29, 1.82) is 5.26 Å². The van der Waals surface area contributed by atoms with Crippen molar-refractivity contribution < 1.29 is 13.2 Å². The van der Waals surface area contributed by atoms with Crippen LogP contribution in [-0.4, -0.2) is 20.8 Å². The van der Waals surface area contributed by atoms with Gasteiger partial charge in [0.2, 0.25) is 0 Å². The van der Waals surface area contributed by atoms with Crippen molar-refractivity contribution in [2.24, 2.45) is 0 Å². The first-order valence-electron chi connectivity index (χ1n) is 6.12. The predicted molar refractivity (Wildman–Crippen MR) is 69.3 cm³/mol. The van der Waals surface area contributed by atoms with E-state index in [1.165, 1.54) is 0 Å². The minimum atomic E-state index is -4.55. The molecule has 8 heteroatoms. The van der Waals surface area contributed by atoms with Gasteiger partial charge < -0.3 is 5.32 Å². The van der Waals surface area contributed by atoms with Crippen LogP contribution >= 0.6 is 0 Å². The number of halogens is 3. The van der Waals surface area contributed by atoms with Gasteiger partial charge in [-0.2, -0.15) is 23.5 Å². The summed E-state index contributed by atoms with van der Waals surface area (Å²) in [6.07, 6.45) is -1.20. The molecule has 0 aliphatic carbocycles. The van der Waals surface area contributed by atoms with E-state index >= 15 is 0 Å². The Morgan fingerprint density at radius 3 is 2.76 bits per heavy atom. The molecule has 0 aromatic carbocycles. The van der Waals surface area contributed by atoms with E-state index in [0.29, 0.717) is 6.54 Å². The average molecular weight is 295 g/mol. The van der Waals surface area contributed by atoms with Gasteiger partial charge in [-0.05, 0) is 25.1 Å². The third-order valence-corrected chi connectivity index (χ3v) is 2.71. The number of nitrogens with zero attached hydrogens (tertiary/aromatic N) is 4. The first-order chi connectivity index (χ1) is 9.90. The van der Waals surface area contributed by atoms with E-state index in [4.69, 9.17) is 5.26 Å². The Morgan fingerprint density at radius 1 is 1.43 bits per heavy atom. The summed E-state index contributed by atoms with van der Waals surface area (Å²) in [4.78, 5) is 3.50. The molecule has 2 heterocycles. The van der Waals surface area contributed by atoms with Gasteiger partial charge in [-0.1, -0.05) is 0 Å². The Hall–Kier alpha value is -2.56. The van der Waals surface area contributed by atoms with Gasteiger partial charge >= 0.3 is 6.18 Å². The number of pyridine rings is 1. The third-order valence-electron chi connectivity index (χ3n) is 2.71. The first-order valence-corrected chi connectivity index (χ1v) is 6.12. The van der Waals surface area contributed by atoms with Crippen molar-refractivity contribution in [2.75, 3.05) is 5.32 Å². The minimum absolute atomic E-state index is 0.0651. The van der Waals surface area contributed by atoms with Crippen molar-refractivity contribution in [1.82, 2.24) is 14.8 Å². The summed E-state index contributed by atoms with van der Waals surface area (Å²) >= 11 is 0. The number of anilines is 1. The fourth-order valence-electron chi connectivity index (χ4n) is 1.79. The summed E-state index contributed by atoms with van der Waals surface area (Å²) in [5, 5.41) is 15.8. The third kappa shape index (κ3) is 3.72. The highest BCUT2D eigenvalue weighted by Gasteiger charge is 2.33. The lowest BCUT2D eigenvalue weighted by Gasteiger charge is -2.16. The molecule has 0 saturated heterocycles. The molecule has 0 spiro atoms. The normalized spacial score (nSPS) is 12.7. The molecule has 0 aliphatic rings. The van der Waals surface area contributed by atoms with Crippen LogP contribution in [-0.2, 0) is 12.7 Å². The second-order valence-corrected chi connectivity index (χ2v) is 4.48. The number of hydrogen-bond donors (Lipinski definition) is 1. The zero-order valence-corrected chi connectivity index (χ0v) is 11.1. The number of nitrogens with one attached hydrogen (secondary N) is 1. The molecular weight excluding hydrogens is 283 g/mol. The average Bonchev–Trinajstić information content (AvgIpc) is 2.90. The van der Waals surface area contributed by atoms with Crippen molar-refractivity contribution in [3.8, 4) is 6.07 Å². The van der Waals surface area contributed by atoms with Crippen LogP contribution in [0.25, 0.3) is 0 Å². The highest BCUT2D eigenvalue weighted by atomic mass is 19.4. The van der Waals surface area contributed by atoms with Crippen LogP contribution in [0.4, 0.5) is 19.0 Å². The van der Waals surface area contributed by atoms with Gasteiger partial charge in [-0.15, -0.1) is 0 Å². The highest BCUT2D eigenvalue weighted by Crippen LogP contribution is 2.29. The maximum Gasteiger partial charge on any atom is 0.433 e. The van der Waals surface area contributed by atoms with Crippen LogP contribution < -0.4 is 5.32 Å². The van der Waals surface area contributed by atoms with Crippen molar-refractivity contribution >= 4 is 5.82 Å². The summed E-state index contributed by atoms with van der Waals surface area (Å²) in [7, 11) is 0. The Morgan fingerprint density at radius 2 is 2.19 bits per heavy atom. The van der Waals surface area contributed by atoms with Crippen molar-refractivity contribution in [2.45, 2.75) is 25.7 Å². The monoisotopic (exact) mass is 295 g/mol. The zero-order chi connectivity index (χ0) is 15.5. The van der Waals surface area contributed by atoms with E-state index in [0.717, 1.165) is 12.1 Å². The second kappa shape index (κ2) is 5.83. The van der Waals surface area contributed by atoms with Crippen LogP contribution in [0.1, 0.15) is 18.2 Å². The Balaban J connectivity index is 2.19. The maximum absolute atomic E-state index is 12.7. The molecule has 1 unspecified atom stereocenters. The molecule has 1 atom stereocenters. The SMILES string of the molecule is CC(Cn1cccn1)Nc1nc(C(F)(F)F)ccc1C#N. The molecule has 2 aromatic rings. The molecule has 0 radical (unpaired) electrons. The van der Waals surface area contributed by atoms with Crippen LogP contribution in [0.2, 0.25) is 0 Å². The van der Waals surface area contributed by atoms with Gasteiger partial charge in [0.25, 0.3) is 0 Å². The molecule has 21 heavy (non-hydrogen) atoms. The van der Waals surface area contributed by atoms with E-state index in [-0.39, 0.29) is 17.4 Å². The number of nitriles is 1. The Labute approximate surface area is 119 Å². The molecule has 2 rings (SSSR count). The van der Waals surface area contributed by atoms with Crippen molar-refractivity contribution in [3.63, 3.8) is 0 Å². The van der Waals surface area contributed by atoms with Gasteiger partial charge in [-0.3, -0.25) is 4.68 Å². The van der Waals surface area contributed by atoms with E-state index < -0.39 is 11.9 Å².